The molecule has 0 saturated carbocycles. The molecule has 0 aromatic heterocycles. The number of piperazine rings is 1. The highest BCUT2D eigenvalue weighted by atomic mass is 16.5. The Labute approximate surface area is 128 Å². The Morgan fingerprint density at radius 3 is 2.95 bits per heavy atom. The van der Waals surface area contributed by atoms with Crippen molar-refractivity contribution in [3.8, 4) is 5.75 Å². The molecule has 1 saturated heterocycles. The van der Waals surface area contributed by atoms with E-state index in [4.69, 9.17) is 4.74 Å². The largest absolute Gasteiger partial charge is 0.496 e. The molecule has 3 rings (SSSR count). The number of nitrogens with one attached hydrogen (secondary N) is 1. The van der Waals surface area contributed by atoms with Crippen LogP contribution in [0.2, 0.25) is 0 Å². The number of ether oxygens (including phenoxy) is 1. The molecule has 0 bridgehead atoms. The van der Waals surface area contributed by atoms with Crippen LogP contribution in [0.4, 0.5) is 0 Å². The van der Waals surface area contributed by atoms with Crippen molar-refractivity contribution in [3.63, 3.8) is 0 Å². The monoisotopic (exact) mass is 288 g/mol. The molecule has 1 aromatic carbocycles. The number of nitrogens with zero attached hydrogens (tertiary/aromatic N) is 1. The first kappa shape index (κ1) is 14.9. The lowest BCUT2D eigenvalue weighted by Gasteiger charge is -2.30. The molecule has 0 spiro atoms. The maximum atomic E-state index is 5.55. The minimum atomic E-state index is 0.742. The quantitative estimate of drug-likeness (QED) is 0.901. The van der Waals surface area contributed by atoms with E-state index in [2.05, 4.69) is 28.4 Å². The third kappa shape index (κ3) is 3.58. The summed E-state index contributed by atoms with van der Waals surface area (Å²) in [4.78, 5) is 2.60. The summed E-state index contributed by atoms with van der Waals surface area (Å²) in [6.45, 7) is 6.01. The highest BCUT2D eigenvalue weighted by Crippen LogP contribution is 2.38. The Kier molecular flexibility index (Phi) is 5.15. The molecule has 1 unspecified atom stereocenters. The Balaban J connectivity index is 1.57. The Hall–Kier alpha value is -1.06. The van der Waals surface area contributed by atoms with Crippen LogP contribution >= 0.6 is 0 Å². The lowest BCUT2D eigenvalue weighted by molar-refractivity contribution is 0.233. The molecule has 21 heavy (non-hydrogen) atoms. The van der Waals surface area contributed by atoms with Crippen LogP contribution in [-0.4, -0.2) is 44.7 Å². The first-order valence-corrected chi connectivity index (χ1v) is 8.47. The van der Waals surface area contributed by atoms with Crippen molar-refractivity contribution in [1.29, 1.82) is 0 Å². The van der Waals surface area contributed by atoms with Crippen molar-refractivity contribution in [1.82, 2.24) is 10.2 Å². The second-order valence-electron chi connectivity index (χ2n) is 6.35. The number of methoxy groups -OCH3 is 1. The molecule has 1 heterocycles. The fourth-order valence-corrected chi connectivity index (χ4v) is 3.90. The zero-order valence-corrected chi connectivity index (χ0v) is 13.2. The fraction of sp³-hybridized carbons (Fsp3) is 0.667. The van der Waals surface area contributed by atoms with Gasteiger partial charge in [0.05, 0.1) is 7.11 Å². The van der Waals surface area contributed by atoms with Crippen molar-refractivity contribution >= 4 is 0 Å². The van der Waals surface area contributed by atoms with Gasteiger partial charge >= 0.3 is 0 Å². The number of hydrogen-bond donors (Lipinski definition) is 1. The van der Waals surface area contributed by atoms with E-state index in [0.717, 1.165) is 24.8 Å². The van der Waals surface area contributed by atoms with E-state index in [1.54, 1.807) is 12.7 Å². The van der Waals surface area contributed by atoms with Crippen molar-refractivity contribution in [2.45, 2.75) is 38.0 Å². The molecular formula is C18H28N2O. The van der Waals surface area contributed by atoms with Crippen LogP contribution in [0, 0.1) is 0 Å². The smallest absolute Gasteiger partial charge is 0.122 e. The fourth-order valence-electron chi connectivity index (χ4n) is 3.90. The van der Waals surface area contributed by atoms with E-state index < -0.39 is 0 Å². The third-order valence-corrected chi connectivity index (χ3v) is 5.04. The summed E-state index contributed by atoms with van der Waals surface area (Å²) < 4.78 is 5.55. The normalized spacial score (nSPS) is 22.8. The Morgan fingerprint density at radius 1 is 1.29 bits per heavy atom. The number of fused-ring (bicyclic) bond motifs is 1. The van der Waals surface area contributed by atoms with Gasteiger partial charge in [-0.3, -0.25) is 0 Å². The average molecular weight is 288 g/mol. The number of rotatable bonds is 5. The van der Waals surface area contributed by atoms with Crippen LogP contribution in [0.5, 0.6) is 5.75 Å². The van der Waals surface area contributed by atoms with Crippen molar-refractivity contribution in [2.24, 2.45) is 0 Å². The van der Waals surface area contributed by atoms with Crippen molar-refractivity contribution in [2.75, 3.05) is 39.8 Å². The van der Waals surface area contributed by atoms with Gasteiger partial charge in [-0.05, 0) is 61.8 Å². The zero-order chi connectivity index (χ0) is 14.5. The zero-order valence-electron chi connectivity index (χ0n) is 13.2. The summed E-state index contributed by atoms with van der Waals surface area (Å²) in [5, 5.41) is 3.42. The van der Waals surface area contributed by atoms with Gasteiger partial charge in [-0.15, -0.1) is 0 Å². The van der Waals surface area contributed by atoms with Crippen LogP contribution in [-0.2, 0) is 6.42 Å². The molecule has 116 valence electrons. The van der Waals surface area contributed by atoms with Crippen LogP contribution in [0.3, 0.4) is 0 Å². The van der Waals surface area contributed by atoms with Gasteiger partial charge in [0, 0.05) is 26.2 Å². The molecule has 0 radical (unpaired) electrons. The first-order chi connectivity index (χ1) is 10.4. The van der Waals surface area contributed by atoms with E-state index in [9.17, 15) is 0 Å². The van der Waals surface area contributed by atoms with Crippen LogP contribution in [0.25, 0.3) is 0 Å². The standard InChI is InChI=1S/C18H28N2O/c1-21-18-9-3-7-16-15(5-2-8-17(16)18)6-4-12-20-13-10-19-11-14-20/h3,7,9,15,19H,2,4-6,8,10-14H2,1H3. The second kappa shape index (κ2) is 7.28. The van der Waals surface area contributed by atoms with Gasteiger partial charge in [0.1, 0.15) is 5.75 Å². The second-order valence-corrected chi connectivity index (χ2v) is 6.35. The van der Waals surface area contributed by atoms with Gasteiger partial charge in [0.25, 0.3) is 0 Å². The van der Waals surface area contributed by atoms with Gasteiger partial charge < -0.3 is 15.0 Å². The van der Waals surface area contributed by atoms with Gasteiger partial charge in [-0.2, -0.15) is 0 Å². The molecule has 1 fully saturated rings. The topological polar surface area (TPSA) is 24.5 Å². The molecule has 0 amide bonds. The molecular weight excluding hydrogens is 260 g/mol. The van der Waals surface area contributed by atoms with Gasteiger partial charge in [0.2, 0.25) is 0 Å². The summed E-state index contributed by atoms with van der Waals surface area (Å²) in [7, 11) is 1.80. The van der Waals surface area contributed by atoms with Crippen LogP contribution in [0.15, 0.2) is 18.2 Å². The van der Waals surface area contributed by atoms with Crippen LogP contribution < -0.4 is 10.1 Å². The maximum Gasteiger partial charge on any atom is 0.122 e. The first-order valence-electron chi connectivity index (χ1n) is 8.47. The summed E-state index contributed by atoms with van der Waals surface area (Å²) in [5.41, 5.74) is 3.03. The van der Waals surface area contributed by atoms with E-state index in [0.29, 0.717) is 0 Å². The molecule has 2 aliphatic rings. The molecule has 3 nitrogen and oxygen atoms in total. The van der Waals surface area contributed by atoms with Crippen molar-refractivity contribution in [3.05, 3.63) is 29.3 Å². The maximum absolute atomic E-state index is 5.55. The summed E-state index contributed by atoms with van der Waals surface area (Å²) >= 11 is 0. The Morgan fingerprint density at radius 2 is 2.14 bits per heavy atom. The van der Waals surface area contributed by atoms with E-state index >= 15 is 0 Å². The van der Waals surface area contributed by atoms with Gasteiger partial charge in [0.15, 0.2) is 0 Å². The van der Waals surface area contributed by atoms with Gasteiger partial charge in [-0.25, -0.2) is 0 Å². The third-order valence-electron chi connectivity index (χ3n) is 5.04. The predicted molar refractivity (Wildman–Crippen MR) is 87.2 cm³/mol. The average Bonchev–Trinajstić information content (AvgIpc) is 2.55. The SMILES string of the molecule is COc1cccc2c1CCCC2CCCN1CCNCC1. The molecule has 1 N–H and O–H groups in total. The minimum absolute atomic E-state index is 0.742. The number of benzene rings is 1. The van der Waals surface area contributed by atoms with Crippen LogP contribution in [0.1, 0.15) is 42.7 Å². The summed E-state index contributed by atoms with van der Waals surface area (Å²) in [6, 6.07) is 6.60. The van der Waals surface area contributed by atoms with E-state index in [1.165, 1.54) is 57.3 Å². The summed E-state index contributed by atoms with van der Waals surface area (Å²) in [5.74, 6) is 1.84. The van der Waals surface area contributed by atoms with Crippen molar-refractivity contribution < 1.29 is 4.74 Å². The molecule has 1 aromatic rings. The Bertz CT molecular complexity index is 455. The highest BCUT2D eigenvalue weighted by Gasteiger charge is 2.22. The molecule has 1 atom stereocenters. The van der Waals surface area contributed by atoms with E-state index in [1.807, 2.05) is 0 Å². The predicted octanol–water partition coefficient (Wildman–Crippen LogP) is 2.80. The molecule has 1 aliphatic heterocycles. The number of hydrogen-bond acceptors (Lipinski definition) is 3. The lowest BCUT2D eigenvalue weighted by atomic mass is 9.80. The van der Waals surface area contributed by atoms with Gasteiger partial charge in [-0.1, -0.05) is 12.1 Å². The minimum Gasteiger partial charge on any atom is -0.496 e. The molecule has 1 aliphatic carbocycles. The lowest BCUT2D eigenvalue weighted by Crippen LogP contribution is -2.43. The summed E-state index contributed by atoms with van der Waals surface area (Å²) in [6.07, 6.45) is 6.49. The molecule has 3 heteroatoms. The highest BCUT2D eigenvalue weighted by molar-refractivity contribution is 5.43. The van der Waals surface area contributed by atoms with E-state index in [-0.39, 0.29) is 0 Å².